The summed E-state index contributed by atoms with van der Waals surface area (Å²) in [6, 6.07) is 12.8. The summed E-state index contributed by atoms with van der Waals surface area (Å²) in [5.74, 6) is -0.157. The summed E-state index contributed by atoms with van der Waals surface area (Å²) in [5.41, 5.74) is 4.48. The lowest BCUT2D eigenvalue weighted by Crippen LogP contribution is -2.14. The number of amides is 1. The van der Waals surface area contributed by atoms with Crippen molar-refractivity contribution in [3.63, 3.8) is 0 Å². The van der Waals surface area contributed by atoms with Crippen LogP contribution in [0, 0.1) is 12.7 Å². The van der Waals surface area contributed by atoms with Gasteiger partial charge in [0.15, 0.2) is 0 Å². The van der Waals surface area contributed by atoms with Crippen molar-refractivity contribution in [1.29, 1.82) is 0 Å². The minimum absolute atomic E-state index is 0.133. The number of thioether (sulfide) groups is 1. The Bertz CT molecular complexity index is 1000. The van der Waals surface area contributed by atoms with Gasteiger partial charge in [0.2, 0.25) is 5.91 Å². The number of carbonyl (C=O) groups excluding carboxylic acids is 1. The van der Waals surface area contributed by atoms with E-state index < -0.39 is 0 Å². The van der Waals surface area contributed by atoms with E-state index in [1.165, 1.54) is 11.6 Å². The Labute approximate surface area is 156 Å². The summed E-state index contributed by atoms with van der Waals surface area (Å²) < 4.78 is 13.6. The molecule has 1 heterocycles. The van der Waals surface area contributed by atoms with Crippen LogP contribution < -0.4 is 5.32 Å². The van der Waals surface area contributed by atoms with Gasteiger partial charge in [0.25, 0.3) is 0 Å². The van der Waals surface area contributed by atoms with E-state index in [0.29, 0.717) is 11.3 Å². The number of pyridine rings is 1. The van der Waals surface area contributed by atoms with Crippen LogP contribution in [0.3, 0.4) is 0 Å². The van der Waals surface area contributed by atoms with E-state index in [1.54, 1.807) is 30.8 Å². The van der Waals surface area contributed by atoms with Crippen molar-refractivity contribution < 1.29 is 9.18 Å². The Morgan fingerprint density at radius 3 is 2.92 bits per heavy atom. The topological polar surface area (TPSA) is 42.0 Å². The van der Waals surface area contributed by atoms with E-state index in [4.69, 9.17) is 4.98 Å². The highest BCUT2D eigenvalue weighted by Gasteiger charge is 2.20. The minimum Gasteiger partial charge on any atom is -0.325 e. The Hall–Kier alpha value is -2.40. The van der Waals surface area contributed by atoms with Gasteiger partial charge in [0, 0.05) is 21.7 Å². The zero-order valence-corrected chi connectivity index (χ0v) is 15.3. The summed E-state index contributed by atoms with van der Waals surface area (Å²) >= 11 is 1.54. The lowest BCUT2D eigenvalue weighted by molar-refractivity contribution is -0.113. The second-order valence-electron chi connectivity index (χ2n) is 6.54. The van der Waals surface area contributed by atoms with Crippen LogP contribution in [0.15, 0.2) is 47.4 Å². The third kappa shape index (κ3) is 3.31. The number of rotatable bonds is 4. The molecule has 0 saturated heterocycles. The summed E-state index contributed by atoms with van der Waals surface area (Å²) in [6.45, 7) is 1.70. The van der Waals surface area contributed by atoms with Crippen molar-refractivity contribution in [3.05, 3.63) is 65.1 Å². The van der Waals surface area contributed by atoms with Gasteiger partial charge in [-0.1, -0.05) is 24.3 Å². The monoisotopic (exact) mass is 366 g/mol. The highest BCUT2D eigenvalue weighted by atomic mass is 32.2. The molecular weight excluding hydrogens is 347 g/mol. The number of fused-ring (bicyclic) bond motifs is 2. The second-order valence-corrected chi connectivity index (χ2v) is 7.52. The van der Waals surface area contributed by atoms with Crippen LogP contribution >= 0.6 is 11.8 Å². The number of para-hydroxylation sites is 1. The van der Waals surface area contributed by atoms with Crippen molar-refractivity contribution in [3.8, 4) is 0 Å². The Morgan fingerprint density at radius 2 is 2.08 bits per heavy atom. The van der Waals surface area contributed by atoms with Gasteiger partial charge in [-0.05, 0) is 55.5 Å². The molecule has 0 aliphatic heterocycles. The van der Waals surface area contributed by atoms with E-state index in [-0.39, 0.29) is 17.5 Å². The first kappa shape index (κ1) is 17.0. The predicted octanol–water partition coefficient (Wildman–Crippen LogP) is 4.90. The van der Waals surface area contributed by atoms with Crippen LogP contribution in [-0.2, 0) is 17.6 Å². The number of halogens is 1. The number of hydrogen-bond acceptors (Lipinski definition) is 3. The Morgan fingerprint density at radius 1 is 1.23 bits per heavy atom. The molecule has 0 atom stereocenters. The molecule has 1 amide bonds. The lowest BCUT2D eigenvalue weighted by Gasteiger charge is -2.12. The summed E-state index contributed by atoms with van der Waals surface area (Å²) in [6.07, 6.45) is 3.13. The highest BCUT2D eigenvalue weighted by molar-refractivity contribution is 8.00. The number of nitrogens with one attached hydrogen (secondary N) is 1. The molecule has 0 bridgehead atoms. The van der Waals surface area contributed by atoms with E-state index >= 15 is 0 Å². The van der Waals surface area contributed by atoms with E-state index in [1.807, 2.05) is 18.2 Å². The average molecular weight is 366 g/mol. The summed E-state index contributed by atoms with van der Waals surface area (Å²) in [4.78, 5) is 18.3. The fraction of sp³-hybridized carbons (Fsp3) is 0.238. The Balaban J connectivity index is 1.54. The molecule has 0 saturated carbocycles. The van der Waals surface area contributed by atoms with Gasteiger partial charge in [0.05, 0.1) is 11.3 Å². The van der Waals surface area contributed by atoms with Crippen LogP contribution in [0.1, 0.15) is 23.2 Å². The molecule has 1 N–H and O–H groups in total. The molecule has 1 aliphatic carbocycles. The van der Waals surface area contributed by atoms with E-state index in [0.717, 1.165) is 40.8 Å². The maximum atomic E-state index is 13.6. The molecule has 3 nitrogen and oxygen atoms in total. The van der Waals surface area contributed by atoms with Gasteiger partial charge in [-0.25, -0.2) is 4.39 Å². The van der Waals surface area contributed by atoms with Gasteiger partial charge in [-0.2, -0.15) is 0 Å². The number of nitrogens with zero attached hydrogens (tertiary/aromatic N) is 1. The van der Waals surface area contributed by atoms with Crippen LogP contribution in [0.5, 0.6) is 0 Å². The quantitative estimate of drug-likeness (QED) is 0.668. The van der Waals surface area contributed by atoms with Crippen molar-refractivity contribution in [2.75, 3.05) is 11.1 Å². The van der Waals surface area contributed by atoms with E-state index in [9.17, 15) is 9.18 Å². The minimum atomic E-state index is -0.312. The van der Waals surface area contributed by atoms with Crippen LogP contribution in [0.25, 0.3) is 10.9 Å². The van der Waals surface area contributed by atoms with Gasteiger partial charge >= 0.3 is 0 Å². The molecule has 1 aliphatic rings. The number of carbonyl (C=O) groups is 1. The average Bonchev–Trinajstić information content (AvgIpc) is 3.10. The second kappa shape index (κ2) is 7.08. The first-order valence-electron chi connectivity index (χ1n) is 8.71. The van der Waals surface area contributed by atoms with E-state index in [2.05, 4.69) is 11.4 Å². The van der Waals surface area contributed by atoms with Crippen molar-refractivity contribution in [2.45, 2.75) is 31.1 Å². The molecule has 0 radical (unpaired) electrons. The van der Waals surface area contributed by atoms with Crippen LogP contribution in [0.2, 0.25) is 0 Å². The van der Waals surface area contributed by atoms with Crippen molar-refractivity contribution >= 4 is 34.3 Å². The number of aromatic nitrogens is 1. The molecule has 3 aromatic rings. The van der Waals surface area contributed by atoms with Crippen molar-refractivity contribution in [2.24, 2.45) is 0 Å². The fourth-order valence-electron chi connectivity index (χ4n) is 3.34. The molecule has 2 aromatic carbocycles. The maximum Gasteiger partial charge on any atom is 0.234 e. The molecular formula is C21H19FN2OS. The van der Waals surface area contributed by atoms with Crippen LogP contribution in [0.4, 0.5) is 10.1 Å². The Kier molecular flexibility index (Phi) is 4.64. The van der Waals surface area contributed by atoms with Gasteiger partial charge in [-0.15, -0.1) is 11.8 Å². The number of aryl methyl sites for hydroxylation is 2. The molecule has 1 aromatic heterocycles. The zero-order valence-electron chi connectivity index (χ0n) is 14.5. The van der Waals surface area contributed by atoms with Gasteiger partial charge in [-0.3, -0.25) is 9.78 Å². The maximum absolute atomic E-state index is 13.6. The first-order valence-corrected chi connectivity index (χ1v) is 9.69. The predicted molar refractivity (Wildman–Crippen MR) is 104 cm³/mol. The highest BCUT2D eigenvalue weighted by Crippen LogP contribution is 2.36. The third-order valence-corrected chi connectivity index (χ3v) is 5.83. The first-order chi connectivity index (χ1) is 12.6. The largest absolute Gasteiger partial charge is 0.325 e. The SMILES string of the molecule is Cc1ccc(NC(=O)CSc2c3c(nc4ccccc24)CCC3)cc1F. The fourth-order valence-corrected chi connectivity index (χ4v) is 4.41. The molecule has 4 rings (SSSR count). The molecule has 0 fully saturated rings. The number of benzene rings is 2. The third-order valence-electron chi connectivity index (χ3n) is 4.67. The standard InChI is InChI=1S/C21H19FN2OS/c1-13-9-10-14(11-17(13)22)23-20(25)12-26-21-15-5-2-3-7-18(15)24-19-8-4-6-16(19)21/h2-3,5,7,9-11H,4,6,8,12H2,1H3,(H,23,25). The number of anilines is 1. The normalized spacial score (nSPS) is 13.0. The molecule has 5 heteroatoms. The zero-order chi connectivity index (χ0) is 18.1. The molecule has 132 valence electrons. The van der Waals surface area contributed by atoms with Crippen molar-refractivity contribution in [1.82, 2.24) is 4.98 Å². The van der Waals surface area contributed by atoms with Gasteiger partial charge < -0.3 is 5.32 Å². The smallest absolute Gasteiger partial charge is 0.234 e. The summed E-state index contributed by atoms with van der Waals surface area (Å²) in [5, 5.41) is 3.88. The number of hydrogen-bond donors (Lipinski definition) is 1. The molecule has 0 unspecified atom stereocenters. The summed E-state index contributed by atoms with van der Waals surface area (Å²) in [7, 11) is 0. The van der Waals surface area contributed by atoms with Crippen LogP contribution in [-0.4, -0.2) is 16.6 Å². The molecule has 0 spiro atoms. The van der Waals surface area contributed by atoms with Gasteiger partial charge in [0.1, 0.15) is 5.82 Å². The lowest BCUT2D eigenvalue weighted by atomic mass is 10.1. The molecule has 26 heavy (non-hydrogen) atoms.